The number of nitrogens with one attached hydrogen (secondary N) is 1. The van der Waals surface area contributed by atoms with Gasteiger partial charge in [-0.05, 0) is 39.3 Å². The SMILES string of the molecule is CCCOc1ccc(NC(=O)OC(C)(C)C)c2ccccc12. The molecule has 1 amide bonds. The fourth-order valence-corrected chi connectivity index (χ4v) is 2.13. The lowest BCUT2D eigenvalue weighted by Gasteiger charge is -2.20. The summed E-state index contributed by atoms with van der Waals surface area (Å²) in [5.41, 5.74) is 0.193. The third kappa shape index (κ3) is 4.13. The molecule has 2 aromatic rings. The fourth-order valence-electron chi connectivity index (χ4n) is 2.13. The molecule has 0 fully saturated rings. The molecule has 0 bridgehead atoms. The quantitative estimate of drug-likeness (QED) is 0.866. The van der Waals surface area contributed by atoms with E-state index >= 15 is 0 Å². The van der Waals surface area contributed by atoms with Crippen molar-refractivity contribution in [2.24, 2.45) is 0 Å². The minimum atomic E-state index is -0.524. The van der Waals surface area contributed by atoms with Crippen molar-refractivity contribution in [3.8, 4) is 5.75 Å². The number of fused-ring (bicyclic) bond motifs is 1. The van der Waals surface area contributed by atoms with Crippen LogP contribution in [-0.2, 0) is 4.74 Å². The molecule has 0 saturated heterocycles. The van der Waals surface area contributed by atoms with Crippen LogP contribution in [0, 0.1) is 0 Å². The van der Waals surface area contributed by atoms with Crippen LogP contribution in [0.4, 0.5) is 10.5 Å². The Morgan fingerprint density at radius 3 is 2.41 bits per heavy atom. The Morgan fingerprint density at radius 2 is 1.77 bits per heavy atom. The van der Waals surface area contributed by atoms with Gasteiger partial charge < -0.3 is 9.47 Å². The minimum absolute atomic E-state index is 0.458. The molecule has 4 nitrogen and oxygen atoms in total. The summed E-state index contributed by atoms with van der Waals surface area (Å²) in [6, 6.07) is 11.6. The molecule has 0 unspecified atom stereocenters. The van der Waals surface area contributed by atoms with Crippen molar-refractivity contribution in [2.45, 2.75) is 39.7 Å². The van der Waals surface area contributed by atoms with Crippen LogP contribution in [0.2, 0.25) is 0 Å². The van der Waals surface area contributed by atoms with Gasteiger partial charge in [-0.15, -0.1) is 0 Å². The number of benzene rings is 2. The van der Waals surface area contributed by atoms with E-state index in [0.29, 0.717) is 12.3 Å². The van der Waals surface area contributed by atoms with Crippen LogP contribution in [0.15, 0.2) is 36.4 Å². The van der Waals surface area contributed by atoms with E-state index < -0.39 is 11.7 Å². The zero-order valence-electron chi connectivity index (χ0n) is 13.6. The largest absolute Gasteiger partial charge is 0.493 e. The van der Waals surface area contributed by atoms with Gasteiger partial charge in [-0.2, -0.15) is 0 Å². The van der Waals surface area contributed by atoms with Crippen molar-refractivity contribution < 1.29 is 14.3 Å². The summed E-state index contributed by atoms with van der Waals surface area (Å²) in [6.45, 7) is 8.26. The highest BCUT2D eigenvalue weighted by Gasteiger charge is 2.17. The third-order valence-electron chi connectivity index (χ3n) is 2.98. The average Bonchev–Trinajstić information content (AvgIpc) is 2.44. The maximum atomic E-state index is 12.0. The smallest absolute Gasteiger partial charge is 0.412 e. The molecule has 22 heavy (non-hydrogen) atoms. The summed E-state index contributed by atoms with van der Waals surface area (Å²) in [7, 11) is 0. The van der Waals surface area contributed by atoms with Gasteiger partial charge >= 0.3 is 6.09 Å². The minimum Gasteiger partial charge on any atom is -0.493 e. The summed E-state index contributed by atoms with van der Waals surface area (Å²) >= 11 is 0. The summed E-state index contributed by atoms with van der Waals surface area (Å²) in [4.78, 5) is 12.0. The van der Waals surface area contributed by atoms with Gasteiger partial charge in [-0.25, -0.2) is 4.79 Å². The Kier molecular flexibility index (Phi) is 4.91. The van der Waals surface area contributed by atoms with E-state index in [1.807, 2.05) is 57.2 Å². The van der Waals surface area contributed by atoms with Crippen molar-refractivity contribution in [1.82, 2.24) is 0 Å². The van der Waals surface area contributed by atoms with Gasteiger partial charge in [0.15, 0.2) is 0 Å². The molecule has 1 N–H and O–H groups in total. The number of hydrogen-bond acceptors (Lipinski definition) is 3. The first-order chi connectivity index (χ1) is 10.4. The number of anilines is 1. The zero-order chi connectivity index (χ0) is 16.2. The van der Waals surface area contributed by atoms with Crippen molar-refractivity contribution in [1.29, 1.82) is 0 Å². The predicted octanol–water partition coefficient (Wildman–Crippen LogP) is 4.98. The van der Waals surface area contributed by atoms with Crippen LogP contribution in [0.5, 0.6) is 5.75 Å². The number of carbonyl (C=O) groups excluding carboxylic acids is 1. The van der Waals surface area contributed by atoms with Crippen molar-refractivity contribution in [3.63, 3.8) is 0 Å². The maximum Gasteiger partial charge on any atom is 0.412 e. The van der Waals surface area contributed by atoms with Crippen molar-refractivity contribution in [3.05, 3.63) is 36.4 Å². The molecular formula is C18H23NO3. The topological polar surface area (TPSA) is 47.6 Å². The number of carbonyl (C=O) groups is 1. The van der Waals surface area contributed by atoms with Gasteiger partial charge in [-0.1, -0.05) is 31.2 Å². The molecule has 0 aliphatic carbocycles. The molecule has 0 saturated carbocycles. The van der Waals surface area contributed by atoms with Crippen LogP contribution < -0.4 is 10.1 Å². The third-order valence-corrected chi connectivity index (χ3v) is 2.98. The molecule has 0 aliphatic rings. The Morgan fingerprint density at radius 1 is 1.09 bits per heavy atom. The van der Waals surface area contributed by atoms with Crippen LogP contribution in [0.1, 0.15) is 34.1 Å². The summed E-state index contributed by atoms with van der Waals surface area (Å²) in [5.74, 6) is 0.826. The molecule has 0 aromatic heterocycles. The number of hydrogen-bond donors (Lipinski definition) is 1. The second kappa shape index (κ2) is 6.69. The van der Waals surface area contributed by atoms with E-state index in [0.717, 1.165) is 22.9 Å². The van der Waals surface area contributed by atoms with Crippen LogP contribution >= 0.6 is 0 Å². The Labute approximate surface area is 131 Å². The van der Waals surface area contributed by atoms with E-state index in [-0.39, 0.29) is 0 Å². The second-order valence-electron chi connectivity index (χ2n) is 6.13. The zero-order valence-corrected chi connectivity index (χ0v) is 13.6. The van der Waals surface area contributed by atoms with Gasteiger partial charge in [0.05, 0.1) is 12.3 Å². The molecular weight excluding hydrogens is 278 g/mol. The van der Waals surface area contributed by atoms with E-state index in [4.69, 9.17) is 9.47 Å². The first kappa shape index (κ1) is 16.1. The number of amides is 1. The summed E-state index contributed by atoms with van der Waals surface area (Å²) in [6.07, 6.45) is 0.492. The highest BCUT2D eigenvalue weighted by atomic mass is 16.6. The fraction of sp³-hybridized carbons (Fsp3) is 0.389. The van der Waals surface area contributed by atoms with Gasteiger partial charge in [-0.3, -0.25) is 5.32 Å². The van der Waals surface area contributed by atoms with E-state index in [9.17, 15) is 4.79 Å². The van der Waals surface area contributed by atoms with E-state index in [2.05, 4.69) is 12.2 Å². The van der Waals surface area contributed by atoms with E-state index in [1.54, 1.807) is 0 Å². The van der Waals surface area contributed by atoms with Gasteiger partial charge in [0, 0.05) is 10.8 Å². The van der Waals surface area contributed by atoms with E-state index in [1.165, 1.54) is 0 Å². The van der Waals surface area contributed by atoms with Crippen LogP contribution in [0.3, 0.4) is 0 Å². The lowest BCUT2D eigenvalue weighted by molar-refractivity contribution is 0.0636. The van der Waals surface area contributed by atoms with Crippen LogP contribution in [-0.4, -0.2) is 18.3 Å². The van der Waals surface area contributed by atoms with Crippen LogP contribution in [0.25, 0.3) is 10.8 Å². The van der Waals surface area contributed by atoms with Crippen molar-refractivity contribution >= 4 is 22.6 Å². The molecule has 0 aliphatic heterocycles. The molecule has 0 radical (unpaired) electrons. The molecule has 0 atom stereocenters. The molecule has 2 aromatic carbocycles. The monoisotopic (exact) mass is 301 g/mol. The molecule has 0 spiro atoms. The molecule has 4 heteroatoms. The van der Waals surface area contributed by atoms with Gasteiger partial charge in [0.1, 0.15) is 11.4 Å². The Bertz CT molecular complexity index is 659. The summed E-state index contributed by atoms with van der Waals surface area (Å²) < 4.78 is 11.1. The summed E-state index contributed by atoms with van der Waals surface area (Å²) in [5, 5.41) is 4.72. The second-order valence-corrected chi connectivity index (χ2v) is 6.13. The molecule has 0 heterocycles. The standard InChI is InChI=1S/C18H23NO3/c1-5-12-21-16-11-10-15(13-8-6-7-9-14(13)16)19-17(20)22-18(2,3)4/h6-11H,5,12H2,1-4H3,(H,19,20). The number of ether oxygens (including phenoxy) is 2. The number of rotatable bonds is 4. The highest BCUT2D eigenvalue weighted by molar-refractivity contribution is 6.02. The van der Waals surface area contributed by atoms with Crippen molar-refractivity contribution in [2.75, 3.05) is 11.9 Å². The average molecular weight is 301 g/mol. The normalized spacial score (nSPS) is 11.3. The van der Waals surface area contributed by atoms with Gasteiger partial charge in [0.25, 0.3) is 0 Å². The molecule has 118 valence electrons. The Hall–Kier alpha value is -2.23. The lowest BCUT2D eigenvalue weighted by atomic mass is 10.1. The van der Waals surface area contributed by atoms with Gasteiger partial charge in [0.2, 0.25) is 0 Å². The Balaban J connectivity index is 2.30. The lowest BCUT2D eigenvalue weighted by Crippen LogP contribution is -2.27. The molecule has 2 rings (SSSR count). The highest BCUT2D eigenvalue weighted by Crippen LogP contribution is 2.32. The first-order valence-electron chi connectivity index (χ1n) is 7.55. The predicted molar refractivity (Wildman–Crippen MR) is 89.6 cm³/mol. The first-order valence-corrected chi connectivity index (χ1v) is 7.55. The maximum absolute atomic E-state index is 12.0.